The molecule has 7 heteroatoms. The average Bonchev–Trinajstić information content (AvgIpc) is 3.47. The van der Waals surface area contributed by atoms with Crippen molar-refractivity contribution < 1.29 is 9.21 Å². The third-order valence-corrected chi connectivity index (χ3v) is 6.23. The Kier molecular flexibility index (Phi) is 4.24. The van der Waals surface area contributed by atoms with E-state index >= 15 is 0 Å². The van der Waals surface area contributed by atoms with Gasteiger partial charge in [0.05, 0.1) is 11.8 Å². The summed E-state index contributed by atoms with van der Waals surface area (Å²) in [5.41, 5.74) is 2.61. The van der Waals surface area contributed by atoms with E-state index in [4.69, 9.17) is 14.5 Å². The maximum atomic E-state index is 12.8. The zero-order chi connectivity index (χ0) is 19.1. The second-order valence-electron chi connectivity index (χ2n) is 7.15. The molecular weight excluding hydrogens is 372 g/mol. The summed E-state index contributed by atoms with van der Waals surface area (Å²) in [5.74, 6) is 1.65. The van der Waals surface area contributed by atoms with Gasteiger partial charge in [0, 0.05) is 35.6 Å². The van der Waals surface area contributed by atoms with Crippen LogP contribution in [0.15, 0.2) is 52.6 Å². The first-order chi connectivity index (χ1) is 13.7. The molecule has 4 aromatic rings. The van der Waals surface area contributed by atoms with Gasteiger partial charge in [-0.3, -0.25) is 4.79 Å². The molecule has 5 rings (SSSR count). The summed E-state index contributed by atoms with van der Waals surface area (Å²) in [6, 6.07) is 9.99. The van der Waals surface area contributed by atoms with Gasteiger partial charge >= 0.3 is 0 Å². The van der Waals surface area contributed by atoms with Crippen LogP contribution in [0.4, 0.5) is 0 Å². The summed E-state index contributed by atoms with van der Waals surface area (Å²) in [4.78, 5) is 20.7. The van der Waals surface area contributed by atoms with E-state index in [2.05, 4.69) is 17.5 Å². The highest BCUT2D eigenvalue weighted by atomic mass is 32.1. The first-order valence-electron chi connectivity index (χ1n) is 9.42. The van der Waals surface area contributed by atoms with Crippen molar-refractivity contribution in [2.45, 2.75) is 25.7 Å². The molecule has 0 aromatic carbocycles. The van der Waals surface area contributed by atoms with E-state index in [1.807, 2.05) is 34.7 Å². The number of likely N-dealkylation sites (tertiary alicyclic amines) is 1. The Bertz CT molecular complexity index is 1130. The number of aryl methyl sites for hydroxylation is 1. The van der Waals surface area contributed by atoms with Crippen LogP contribution < -0.4 is 0 Å². The largest absolute Gasteiger partial charge is 0.469 e. The molecule has 0 radical (unpaired) electrons. The molecule has 1 atom stereocenters. The summed E-state index contributed by atoms with van der Waals surface area (Å²) < 4.78 is 7.15. The fourth-order valence-electron chi connectivity index (χ4n) is 3.81. The normalized spacial score (nSPS) is 17.3. The molecule has 28 heavy (non-hydrogen) atoms. The van der Waals surface area contributed by atoms with Crippen LogP contribution in [0.3, 0.4) is 0 Å². The Hall–Kier alpha value is -2.93. The molecule has 1 aliphatic rings. The van der Waals surface area contributed by atoms with Crippen LogP contribution in [-0.4, -0.2) is 38.5 Å². The highest BCUT2D eigenvalue weighted by Crippen LogP contribution is 2.28. The van der Waals surface area contributed by atoms with Gasteiger partial charge in [0.25, 0.3) is 5.91 Å². The molecule has 1 aliphatic heterocycles. The third kappa shape index (κ3) is 3.01. The number of thiophene rings is 1. The molecule has 6 nitrogen and oxygen atoms in total. The minimum atomic E-state index is 0.0275. The number of carbonyl (C=O) groups is 1. The lowest BCUT2D eigenvalue weighted by atomic mass is 9.97. The van der Waals surface area contributed by atoms with Crippen molar-refractivity contribution in [3.05, 3.63) is 65.3 Å². The molecule has 0 unspecified atom stereocenters. The summed E-state index contributed by atoms with van der Waals surface area (Å²) in [5, 5.41) is 6.81. The van der Waals surface area contributed by atoms with Gasteiger partial charge in [-0.1, -0.05) is 6.07 Å². The number of furan rings is 1. The van der Waals surface area contributed by atoms with E-state index in [0.29, 0.717) is 17.9 Å². The van der Waals surface area contributed by atoms with Crippen molar-refractivity contribution in [3.63, 3.8) is 0 Å². The number of hydrogen-bond donors (Lipinski definition) is 0. The monoisotopic (exact) mass is 392 g/mol. The van der Waals surface area contributed by atoms with Gasteiger partial charge in [-0.25, -0.2) is 9.50 Å². The molecule has 1 saturated heterocycles. The lowest BCUT2D eigenvalue weighted by Gasteiger charge is -2.31. The van der Waals surface area contributed by atoms with Crippen molar-refractivity contribution in [3.8, 4) is 10.4 Å². The van der Waals surface area contributed by atoms with Crippen molar-refractivity contribution >= 4 is 22.9 Å². The minimum Gasteiger partial charge on any atom is -0.469 e. The van der Waals surface area contributed by atoms with E-state index in [9.17, 15) is 4.79 Å². The van der Waals surface area contributed by atoms with Gasteiger partial charge in [-0.15, -0.1) is 11.3 Å². The Morgan fingerprint density at radius 2 is 2.21 bits per heavy atom. The average molecular weight is 392 g/mol. The fourth-order valence-corrected chi connectivity index (χ4v) is 4.53. The zero-order valence-electron chi connectivity index (χ0n) is 15.5. The Balaban J connectivity index is 1.40. The molecule has 4 aromatic heterocycles. The van der Waals surface area contributed by atoms with Crippen LogP contribution in [-0.2, 0) is 0 Å². The molecule has 0 bridgehead atoms. The number of nitrogens with zero attached hydrogens (tertiary/aromatic N) is 4. The first kappa shape index (κ1) is 17.2. The zero-order valence-corrected chi connectivity index (χ0v) is 16.4. The number of rotatable bonds is 3. The molecule has 0 N–H and O–H groups in total. The second kappa shape index (κ2) is 6.91. The number of carbonyl (C=O) groups excluding carboxylic acids is 1. The summed E-state index contributed by atoms with van der Waals surface area (Å²) in [6.07, 6.45) is 5.53. The van der Waals surface area contributed by atoms with Crippen LogP contribution in [0.2, 0.25) is 0 Å². The number of fused-ring (bicyclic) bond motifs is 1. The molecule has 1 fully saturated rings. The molecule has 5 heterocycles. The second-order valence-corrected chi connectivity index (χ2v) is 8.10. The van der Waals surface area contributed by atoms with Gasteiger partial charge in [0.2, 0.25) is 0 Å². The van der Waals surface area contributed by atoms with E-state index in [0.717, 1.165) is 36.4 Å². The number of aromatic nitrogens is 3. The molecule has 0 saturated carbocycles. The summed E-state index contributed by atoms with van der Waals surface area (Å²) >= 11 is 1.71. The topological polar surface area (TPSA) is 63.6 Å². The molecule has 0 spiro atoms. The Labute approximate surface area is 166 Å². The smallest absolute Gasteiger partial charge is 0.257 e. The summed E-state index contributed by atoms with van der Waals surface area (Å²) in [7, 11) is 0. The van der Waals surface area contributed by atoms with E-state index in [-0.39, 0.29) is 11.8 Å². The highest BCUT2D eigenvalue weighted by molar-refractivity contribution is 7.13. The highest BCUT2D eigenvalue weighted by Gasteiger charge is 2.29. The maximum absolute atomic E-state index is 12.8. The van der Waals surface area contributed by atoms with Crippen molar-refractivity contribution in [1.82, 2.24) is 19.5 Å². The molecule has 142 valence electrons. The Morgan fingerprint density at radius 1 is 1.29 bits per heavy atom. The molecule has 0 aliphatic carbocycles. The van der Waals surface area contributed by atoms with Gasteiger partial charge in [-0.05, 0) is 49.4 Å². The van der Waals surface area contributed by atoms with Crippen molar-refractivity contribution in [2.75, 3.05) is 13.1 Å². The van der Waals surface area contributed by atoms with E-state index in [1.54, 1.807) is 23.7 Å². The predicted octanol–water partition coefficient (Wildman–Crippen LogP) is 4.38. The van der Waals surface area contributed by atoms with Crippen molar-refractivity contribution in [1.29, 1.82) is 0 Å². The quantitative estimate of drug-likeness (QED) is 0.519. The predicted molar refractivity (Wildman–Crippen MR) is 108 cm³/mol. The van der Waals surface area contributed by atoms with Gasteiger partial charge in [0.1, 0.15) is 5.76 Å². The van der Waals surface area contributed by atoms with Gasteiger partial charge < -0.3 is 9.32 Å². The standard InChI is InChI=1S/C21H20N4O2S/c1-14-17(8-10-27-14)21(26)24-9-2-4-16(12-24)20-22-19-7-6-15(13-25(19)23-20)18-5-3-11-28-18/h3,5-8,10-11,13,16H,2,4,9,12H2,1H3/t16-/m0/s1. The SMILES string of the molecule is Cc1occc1C(=O)N1CCC[C@H](c2nc3ccc(-c4cccs4)cn3n2)C1. The lowest BCUT2D eigenvalue weighted by Crippen LogP contribution is -2.39. The van der Waals surface area contributed by atoms with Crippen LogP contribution in [0, 0.1) is 6.92 Å². The number of hydrogen-bond acceptors (Lipinski definition) is 5. The van der Waals surface area contributed by atoms with Crippen molar-refractivity contribution in [2.24, 2.45) is 0 Å². The lowest BCUT2D eigenvalue weighted by molar-refractivity contribution is 0.0703. The number of piperidine rings is 1. The van der Waals surface area contributed by atoms with Gasteiger partial charge in [0.15, 0.2) is 11.5 Å². The number of pyridine rings is 1. The first-order valence-corrected chi connectivity index (χ1v) is 10.3. The number of amides is 1. The summed E-state index contributed by atoms with van der Waals surface area (Å²) in [6.45, 7) is 3.22. The van der Waals surface area contributed by atoms with Crippen LogP contribution >= 0.6 is 11.3 Å². The van der Waals surface area contributed by atoms with Crippen LogP contribution in [0.25, 0.3) is 16.1 Å². The Morgan fingerprint density at radius 3 is 3.00 bits per heavy atom. The molecular formula is C21H20N4O2S. The minimum absolute atomic E-state index is 0.0275. The molecule has 1 amide bonds. The third-order valence-electron chi connectivity index (χ3n) is 5.32. The van der Waals surface area contributed by atoms with Crippen LogP contribution in [0.1, 0.15) is 40.7 Å². The van der Waals surface area contributed by atoms with E-state index in [1.165, 1.54) is 4.88 Å². The van der Waals surface area contributed by atoms with Gasteiger partial charge in [-0.2, -0.15) is 5.10 Å². The van der Waals surface area contributed by atoms with Crippen LogP contribution in [0.5, 0.6) is 0 Å². The maximum Gasteiger partial charge on any atom is 0.257 e. The fraction of sp³-hybridized carbons (Fsp3) is 0.286. The van der Waals surface area contributed by atoms with E-state index < -0.39 is 0 Å².